The summed E-state index contributed by atoms with van der Waals surface area (Å²) in [5.41, 5.74) is 0.536. The minimum atomic E-state index is -0.326. The lowest BCUT2D eigenvalue weighted by molar-refractivity contribution is -0.122. The first kappa shape index (κ1) is 13.3. The number of halogens is 1. The van der Waals surface area contributed by atoms with Gasteiger partial charge in [-0.15, -0.1) is 11.3 Å². The van der Waals surface area contributed by atoms with Crippen molar-refractivity contribution in [3.63, 3.8) is 0 Å². The van der Waals surface area contributed by atoms with Crippen molar-refractivity contribution in [1.82, 2.24) is 4.98 Å². The van der Waals surface area contributed by atoms with Gasteiger partial charge in [0.15, 0.2) is 0 Å². The molecule has 4 nitrogen and oxygen atoms in total. The van der Waals surface area contributed by atoms with E-state index in [2.05, 4.69) is 4.98 Å². The summed E-state index contributed by atoms with van der Waals surface area (Å²) >= 11 is 7.41. The van der Waals surface area contributed by atoms with Crippen molar-refractivity contribution in [2.75, 3.05) is 4.90 Å². The molecule has 0 bridgehead atoms. The molecule has 6 heteroatoms. The van der Waals surface area contributed by atoms with Gasteiger partial charge in [-0.05, 0) is 18.2 Å². The number of hydrogen-bond donors (Lipinski definition) is 0. The third-order valence-electron chi connectivity index (χ3n) is 3.21. The van der Waals surface area contributed by atoms with Crippen LogP contribution in [0.4, 0.5) is 5.69 Å². The van der Waals surface area contributed by atoms with Crippen LogP contribution in [0.2, 0.25) is 5.02 Å². The van der Waals surface area contributed by atoms with E-state index in [9.17, 15) is 9.59 Å². The van der Waals surface area contributed by atoms with Gasteiger partial charge in [0.05, 0.1) is 16.6 Å². The summed E-state index contributed by atoms with van der Waals surface area (Å²) in [4.78, 5) is 29.9. The van der Waals surface area contributed by atoms with Gasteiger partial charge in [0.2, 0.25) is 11.8 Å². The lowest BCUT2D eigenvalue weighted by Crippen LogP contribution is -2.30. The SMILES string of the molecule is O=C1CC(Cc2nccs2)C(=O)N1c1cccc(Cl)c1. The van der Waals surface area contributed by atoms with Crippen LogP contribution in [0.25, 0.3) is 0 Å². The first-order valence-corrected chi connectivity index (χ1v) is 7.41. The molecule has 1 unspecified atom stereocenters. The summed E-state index contributed by atoms with van der Waals surface area (Å²) < 4.78 is 0. The van der Waals surface area contributed by atoms with Crippen LogP contribution in [0.5, 0.6) is 0 Å². The Morgan fingerprint density at radius 1 is 1.40 bits per heavy atom. The molecule has 1 aliphatic rings. The highest BCUT2D eigenvalue weighted by Gasteiger charge is 2.39. The van der Waals surface area contributed by atoms with Gasteiger partial charge < -0.3 is 0 Å². The van der Waals surface area contributed by atoms with Crippen molar-refractivity contribution in [2.24, 2.45) is 5.92 Å². The van der Waals surface area contributed by atoms with Gasteiger partial charge in [-0.3, -0.25) is 14.5 Å². The van der Waals surface area contributed by atoms with Crippen molar-refractivity contribution < 1.29 is 9.59 Å². The second kappa shape index (κ2) is 5.34. The monoisotopic (exact) mass is 306 g/mol. The molecule has 0 spiro atoms. The minimum Gasteiger partial charge on any atom is -0.274 e. The number of aromatic nitrogens is 1. The lowest BCUT2D eigenvalue weighted by Gasteiger charge is -2.15. The van der Waals surface area contributed by atoms with Crippen molar-refractivity contribution in [2.45, 2.75) is 12.8 Å². The molecule has 0 N–H and O–H groups in total. The number of imide groups is 1. The van der Waals surface area contributed by atoms with E-state index in [-0.39, 0.29) is 24.2 Å². The van der Waals surface area contributed by atoms with Crippen molar-refractivity contribution in [1.29, 1.82) is 0 Å². The second-order valence-corrected chi connectivity index (χ2v) is 5.99. The predicted octanol–water partition coefficient (Wildman–Crippen LogP) is 2.92. The van der Waals surface area contributed by atoms with Crippen molar-refractivity contribution in [3.8, 4) is 0 Å². The zero-order chi connectivity index (χ0) is 14.1. The first-order valence-electron chi connectivity index (χ1n) is 6.16. The molecule has 3 rings (SSSR count). The summed E-state index contributed by atoms with van der Waals surface area (Å²) in [6.45, 7) is 0. The fourth-order valence-corrected chi connectivity index (χ4v) is 3.19. The Balaban J connectivity index is 1.83. The number of nitrogens with zero attached hydrogens (tertiary/aromatic N) is 2. The Kier molecular flexibility index (Phi) is 3.54. The summed E-state index contributed by atoms with van der Waals surface area (Å²) in [5.74, 6) is -0.682. The highest BCUT2D eigenvalue weighted by Crippen LogP contribution is 2.30. The van der Waals surface area contributed by atoms with Crippen LogP contribution < -0.4 is 4.90 Å². The number of amides is 2. The van der Waals surface area contributed by atoms with Gasteiger partial charge in [-0.2, -0.15) is 0 Å². The van der Waals surface area contributed by atoms with Crippen LogP contribution >= 0.6 is 22.9 Å². The zero-order valence-electron chi connectivity index (χ0n) is 10.5. The molecular formula is C14H11ClN2O2S. The number of anilines is 1. The van der Waals surface area contributed by atoms with E-state index in [1.807, 2.05) is 5.38 Å². The Morgan fingerprint density at radius 2 is 2.25 bits per heavy atom. The average molecular weight is 307 g/mol. The maximum atomic E-state index is 12.4. The topological polar surface area (TPSA) is 50.3 Å². The number of carbonyl (C=O) groups excluding carboxylic acids is 2. The molecule has 1 atom stereocenters. The van der Waals surface area contributed by atoms with Gasteiger partial charge in [-0.1, -0.05) is 17.7 Å². The molecule has 2 heterocycles. The third kappa shape index (κ3) is 2.46. The summed E-state index contributed by atoms with van der Waals surface area (Å²) in [6.07, 6.45) is 2.44. The molecule has 0 aliphatic carbocycles. The third-order valence-corrected chi connectivity index (χ3v) is 4.25. The van der Waals surface area contributed by atoms with E-state index in [4.69, 9.17) is 11.6 Å². The molecule has 20 heavy (non-hydrogen) atoms. The van der Waals surface area contributed by atoms with E-state index in [1.165, 1.54) is 16.2 Å². The van der Waals surface area contributed by atoms with Crippen LogP contribution in [-0.4, -0.2) is 16.8 Å². The average Bonchev–Trinajstić information content (AvgIpc) is 2.99. The molecule has 2 amide bonds. The van der Waals surface area contributed by atoms with E-state index in [1.54, 1.807) is 30.5 Å². The second-order valence-electron chi connectivity index (χ2n) is 4.58. The Bertz CT molecular complexity index is 657. The van der Waals surface area contributed by atoms with Crippen LogP contribution in [0.1, 0.15) is 11.4 Å². The van der Waals surface area contributed by atoms with E-state index in [0.29, 0.717) is 17.1 Å². The smallest absolute Gasteiger partial charge is 0.237 e. The molecule has 0 radical (unpaired) electrons. The van der Waals surface area contributed by atoms with E-state index in [0.717, 1.165) is 5.01 Å². The fourth-order valence-electron chi connectivity index (χ4n) is 2.31. The Labute approximate surface area is 125 Å². The maximum absolute atomic E-state index is 12.4. The zero-order valence-corrected chi connectivity index (χ0v) is 12.0. The van der Waals surface area contributed by atoms with Gasteiger partial charge in [0.1, 0.15) is 0 Å². The highest BCUT2D eigenvalue weighted by atomic mass is 35.5. The van der Waals surface area contributed by atoms with Crippen LogP contribution in [0, 0.1) is 5.92 Å². The molecule has 1 saturated heterocycles. The number of rotatable bonds is 3. The fraction of sp³-hybridized carbons (Fsp3) is 0.214. The van der Waals surface area contributed by atoms with Gasteiger partial charge >= 0.3 is 0 Å². The van der Waals surface area contributed by atoms with Crippen LogP contribution in [0.3, 0.4) is 0 Å². The molecular weight excluding hydrogens is 296 g/mol. The molecule has 1 aliphatic heterocycles. The van der Waals surface area contributed by atoms with Crippen molar-refractivity contribution in [3.05, 3.63) is 45.9 Å². The van der Waals surface area contributed by atoms with Crippen LogP contribution in [0.15, 0.2) is 35.8 Å². The van der Waals surface area contributed by atoms with E-state index >= 15 is 0 Å². The van der Waals surface area contributed by atoms with Crippen LogP contribution in [-0.2, 0) is 16.0 Å². The molecule has 0 saturated carbocycles. The normalized spacial score (nSPS) is 18.9. The van der Waals surface area contributed by atoms with Gasteiger partial charge in [-0.25, -0.2) is 4.98 Å². The number of benzene rings is 1. The summed E-state index contributed by atoms with van der Waals surface area (Å²) in [7, 11) is 0. The van der Waals surface area contributed by atoms with E-state index < -0.39 is 0 Å². The van der Waals surface area contributed by atoms with Gasteiger partial charge in [0.25, 0.3) is 0 Å². The highest BCUT2D eigenvalue weighted by molar-refractivity contribution is 7.09. The lowest BCUT2D eigenvalue weighted by atomic mass is 10.0. The Hall–Kier alpha value is -1.72. The number of hydrogen-bond acceptors (Lipinski definition) is 4. The first-order chi connectivity index (χ1) is 9.65. The quantitative estimate of drug-likeness (QED) is 0.819. The molecule has 1 aromatic carbocycles. The summed E-state index contributed by atoms with van der Waals surface area (Å²) in [5, 5.41) is 3.25. The standard InChI is InChI=1S/C14H11ClN2O2S/c15-10-2-1-3-11(8-10)17-13(18)7-9(14(17)19)6-12-16-4-5-20-12/h1-5,8-9H,6-7H2. The molecule has 1 fully saturated rings. The number of carbonyl (C=O) groups is 2. The van der Waals surface area contributed by atoms with Gasteiger partial charge in [0, 0.05) is 29.4 Å². The maximum Gasteiger partial charge on any atom is 0.237 e. The summed E-state index contributed by atoms with van der Waals surface area (Å²) in [6, 6.07) is 6.78. The predicted molar refractivity (Wildman–Crippen MR) is 77.9 cm³/mol. The minimum absolute atomic E-state index is 0.174. The Morgan fingerprint density at radius 3 is 2.95 bits per heavy atom. The largest absolute Gasteiger partial charge is 0.274 e. The molecule has 2 aromatic rings. The van der Waals surface area contributed by atoms with Crippen molar-refractivity contribution >= 4 is 40.4 Å². The molecule has 102 valence electrons. The molecule has 1 aromatic heterocycles. The number of thiazole rings is 1.